The summed E-state index contributed by atoms with van der Waals surface area (Å²) >= 11 is 0. The molecule has 19 heavy (non-hydrogen) atoms. The largest absolute Gasteiger partial charge is 0.369 e. The lowest BCUT2D eigenvalue weighted by atomic mass is 10.1. The van der Waals surface area contributed by atoms with Crippen molar-refractivity contribution in [1.82, 2.24) is 9.55 Å². The Bertz CT molecular complexity index is 729. The van der Waals surface area contributed by atoms with Crippen molar-refractivity contribution in [3.63, 3.8) is 0 Å². The monoisotopic (exact) mass is 255 g/mol. The van der Waals surface area contributed by atoms with Crippen LogP contribution in [0, 0.1) is 12.7 Å². The zero-order valence-corrected chi connectivity index (χ0v) is 10.6. The average molecular weight is 255 g/mol. The number of nitrogen functional groups attached to an aromatic ring is 1. The van der Waals surface area contributed by atoms with E-state index in [1.165, 1.54) is 17.7 Å². The normalized spacial score (nSPS) is 11.1. The number of halogens is 1. The molecule has 0 radical (unpaired) electrons. The van der Waals surface area contributed by atoms with Gasteiger partial charge < -0.3 is 10.3 Å². The van der Waals surface area contributed by atoms with Gasteiger partial charge in [0.2, 0.25) is 5.95 Å². The van der Waals surface area contributed by atoms with Crippen LogP contribution in [0.2, 0.25) is 0 Å². The van der Waals surface area contributed by atoms with Crippen LogP contribution in [0.25, 0.3) is 11.0 Å². The van der Waals surface area contributed by atoms with E-state index < -0.39 is 0 Å². The minimum Gasteiger partial charge on any atom is -0.369 e. The molecule has 3 rings (SSSR count). The highest BCUT2D eigenvalue weighted by molar-refractivity contribution is 5.78. The maximum Gasteiger partial charge on any atom is 0.201 e. The first kappa shape index (κ1) is 11.7. The highest BCUT2D eigenvalue weighted by atomic mass is 19.1. The van der Waals surface area contributed by atoms with Gasteiger partial charge in [-0.2, -0.15) is 0 Å². The van der Waals surface area contributed by atoms with Crippen molar-refractivity contribution in [1.29, 1.82) is 0 Å². The zero-order chi connectivity index (χ0) is 13.4. The van der Waals surface area contributed by atoms with Gasteiger partial charge in [-0.3, -0.25) is 0 Å². The fourth-order valence-corrected chi connectivity index (χ4v) is 2.16. The van der Waals surface area contributed by atoms with E-state index >= 15 is 0 Å². The van der Waals surface area contributed by atoms with Crippen molar-refractivity contribution < 1.29 is 4.39 Å². The first-order valence-corrected chi connectivity index (χ1v) is 6.10. The number of hydrogen-bond acceptors (Lipinski definition) is 2. The molecule has 4 heteroatoms. The number of rotatable bonds is 2. The smallest absolute Gasteiger partial charge is 0.201 e. The Balaban J connectivity index is 2.05. The van der Waals surface area contributed by atoms with Crippen LogP contribution in [-0.4, -0.2) is 9.55 Å². The summed E-state index contributed by atoms with van der Waals surface area (Å²) in [6.45, 7) is 2.68. The fourth-order valence-electron chi connectivity index (χ4n) is 2.16. The zero-order valence-electron chi connectivity index (χ0n) is 10.6. The van der Waals surface area contributed by atoms with Gasteiger partial charge in [0, 0.05) is 6.07 Å². The van der Waals surface area contributed by atoms with Gasteiger partial charge in [-0.05, 0) is 24.6 Å². The maximum atomic E-state index is 13.2. The summed E-state index contributed by atoms with van der Waals surface area (Å²) < 4.78 is 15.0. The molecule has 96 valence electrons. The lowest BCUT2D eigenvalue weighted by Crippen LogP contribution is -2.04. The number of aryl methyl sites for hydroxylation is 1. The molecule has 2 N–H and O–H groups in total. The van der Waals surface area contributed by atoms with Gasteiger partial charge in [0.05, 0.1) is 17.6 Å². The number of benzene rings is 2. The molecule has 0 unspecified atom stereocenters. The molecule has 1 heterocycles. The molecule has 0 amide bonds. The lowest BCUT2D eigenvalue weighted by Gasteiger charge is -2.07. The minimum absolute atomic E-state index is 0.299. The Morgan fingerprint density at radius 2 is 1.89 bits per heavy atom. The van der Waals surface area contributed by atoms with E-state index in [9.17, 15) is 4.39 Å². The molecule has 0 saturated carbocycles. The summed E-state index contributed by atoms with van der Waals surface area (Å²) in [6, 6.07) is 12.8. The lowest BCUT2D eigenvalue weighted by molar-refractivity contribution is 0.629. The second kappa shape index (κ2) is 4.39. The predicted molar refractivity (Wildman–Crippen MR) is 74.4 cm³/mol. The quantitative estimate of drug-likeness (QED) is 0.764. The Labute approximate surface area is 110 Å². The van der Waals surface area contributed by atoms with E-state index in [0.717, 1.165) is 11.1 Å². The predicted octanol–water partition coefficient (Wildman–Crippen LogP) is 3.11. The highest BCUT2D eigenvalue weighted by Gasteiger charge is 2.09. The summed E-state index contributed by atoms with van der Waals surface area (Å²) in [4.78, 5) is 4.19. The number of aromatic nitrogens is 2. The van der Waals surface area contributed by atoms with Crippen LogP contribution in [-0.2, 0) is 6.54 Å². The molecule has 0 aliphatic rings. The number of nitrogens with two attached hydrogens (primary N) is 1. The molecule has 0 bridgehead atoms. The fraction of sp³-hybridized carbons (Fsp3) is 0.133. The van der Waals surface area contributed by atoms with Crippen molar-refractivity contribution in [3.05, 3.63) is 59.4 Å². The molecular weight excluding hydrogens is 241 g/mol. The van der Waals surface area contributed by atoms with E-state index in [0.29, 0.717) is 18.0 Å². The molecule has 0 aliphatic carbocycles. The SMILES string of the molecule is Cc1ccc(Cn2c(N)nc3cc(F)ccc32)cc1. The topological polar surface area (TPSA) is 43.8 Å². The standard InChI is InChI=1S/C15H14FN3/c1-10-2-4-11(5-3-10)9-19-14-7-6-12(16)8-13(14)18-15(19)17/h2-8H,9H2,1H3,(H2,17,18). The van der Waals surface area contributed by atoms with Crippen LogP contribution in [0.4, 0.5) is 10.3 Å². The van der Waals surface area contributed by atoms with Crippen LogP contribution in [0.15, 0.2) is 42.5 Å². The second-order valence-corrected chi connectivity index (χ2v) is 4.67. The van der Waals surface area contributed by atoms with Crippen LogP contribution in [0.1, 0.15) is 11.1 Å². The van der Waals surface area contributed by atoms with E-state index in [1.54, 1.807) is 6.07 Å². The first-order chi connectivity index (χ1) is 9.13. The molecule has 0 spiro atoms. The van der Waals surface area contributed by atoms with Gasteiger partial charge in [0.25, 0.3) is 0 Å². The summed E-state index contributed by atoms with van der Waals surface area (Å²) in [5.41, 5.74) is 9.70. The Morgan fingerprint density at radius 3 is 2.63 bits per heavy atom. The van der Waals surface area contributed by atoms with Gasteiger partial charge in [0.1, 0.15) is 5.82 Å². The molecular formula is C15H14FN3. The number of anilines is 1. The molecule has 3 aromatic rings. The van der Waals surface area contributed by atoms with Gasteiger partial charge in [-0.15, -0.1) is 0 Å². The molecule has 3 nitrogen and oxygen atoms in total. The van der Waals surface area contributed by atoms with Gasteiger partial charge in [-0.25, -0.2) is 9.37 Å². The first-order valence-electron chi connectivity index (χ1n) is 6.10. The number of fused-ring (bicyclic) bond motifs is 1. The Morgan fingerprint density at radius 1 is 1.16 bits per heavy atom. The molecule has 1 aromatic heterocycles. The van der Waals surface area contributed by atoms with Crippen molar-refractivity contribution in [2.75, 3.05) is 5.73 Å². The van der Waals surface area contributed by atoms with Crippen LogP contribution in [0.5, 0.6) is 0 Å². The summed E-state index contributed by atoms with van der Waals surface area (Å²) in [5, 5.41) is 0. The molecule has 0 fully saturated rings. The molecule has 0 atom stereocenters. The summed E-state index contributed by atoms with van der Waals surface area (Å²) in [7, 11) is 0. The van der Waals surface area contributed by atoms with Crippen LogP contribution in [0.3, 0.4) is 0 Å². The van der Waals surface area contributed by atoms with E-state index in [2.05, 4.69) is 29.2 Å². The molecule has 2 aromatic carbocycles. The van der Waals surface area contributed by atoms with E-state index in [1.807, 2.05) is 11.5 Å². The number of nitrogens with zero attached hydrogens (tertiary/aromatic N) is 2. The van der Waals surface area contributed by atoms with Crippen molar-refractivity contribution in [3.8, 4) is 0 Å². The van der Waals surface area contributed by atoms with Gasteiger partial charge in [0.15, 0.2) is 0 Å². The molecule has 0 saturated heterocycles. The third-order valence-electron chi connectivity index (χ3n) is 3.20. The van der Waals surface area contributed by atoms with Crippen molar-refractivity contribution >= 4 is 17.0 Å². The Hall–Kier alpha value is -2.36. The summed E-state index contributed by atoms with van der Waals surface area (Å²) in [6.07, 6.45) is 0. The van der Waals surface area contributed by atoms with Gasteiger partial charge in [-0.1, -0.05) is 29.8 Å². The maximum absolute atomic E-state index is 13.2. The minimum atomic E-state index is -0.299. The van der Waals surface area contributed by atoms with Crippen molar-refractivity contribution in [2.24, 2.45) is 0 Å². The molecule has 0 aliphatic heterocycles. The average Bonchev–Trinajstić information content (AvgIpc) is 2.68. The third kappa shape index (κ3) is 2.17. The number of imidazole rings is 1. The van der Waals surface area contributed by atoms with Crippen molar-refractivity contribution in [2.45, 2.75) is 13.5 Å². The Kier molecular flexibility index (Phi) is 2.71. The van der Waals surface area contributed by atoms with E-state index in [4.69, 9.17) is 5.73 Å². The second-order valence-electron chi connectivity index (χ2n) is 4.67. The number of hydrogen-bond donors (Lipinski definition) is 1. The van der Waals surface area contributed by atoms with Crippen LogP contribution >= 0.6 is 0 Å². The van der Waals surface area contributed by atoms with E-state index in [-0.39, 0.29) is 5.82 Å². The van der Waals surface area contributed by atoms with Gasteiger partial charge >= 0.3 is 0 Å². The third-order valence-corrected chi connectivity index (χ3v) is 3.20. The van der Waals surface area contributed by atoms with Crippen LogP contribution < -0.4 is 5.73 Å². The highest BCUT2D eigenvalue weighted by Crippen LogP contribution is 2.20. The summed E-state index contributed by atoms with van der Waals surface area (Å²) in [5.74, 6) is 0.105.